The summed E-state index contributed by atoms with van der Waals surface area (Å²) in [5.41, 5.74) is 7.34. The second-order valence-electron chi connectivity index (χ2n) is 4.93. The molecule has 3 N–H and O–H groups in total. The van der Waals surface area contributed by atoms with Crippen LogP contribution in [-0.2, 0) is 16.1 Å². The first-order chi connectivity index (χ1) is 10.2. The second-order valence-corrected chi connectivity index (χ2v) is 4.93. The van der Waals surface area contributed by atoms with E-state index >= 15 is 0 Å². The van der Waals surface area contributed by atoms with Crippen molar-refractivity contribution in [3.8, 4) is 11.4 Å². The molecule has 1 aliphatic rings. The maximum atomic E-state index is 11.2. The summed E-state index contributed by atoms with van der Waals surface area (Å²) in [7, 11) is 0. The van der Waals surface area contributed by atoms with Crippen LogP contribution in [0.4, 0.5) is 0 Å². The van der Waals surface area contributed by atoms with Gasteiger partial charge in [0.05, 0.1) is 6.61 Å². The summed E-state index contributed by atoms with van der Waals surface area (Å²) >= 11 is 0. The molecule has 3 rings (SSSR count). The van der Waals surface area contributed by atoms with Crippen LogP contribution >= 0.6 is 0 Å². The van der Waals surface area contributed by atoms with Crippen LogP contribution in [0.3, 0.4) is 0 Å². The first kappa shape index (κ1) is 13.7. The van der Waals surface area contributed by atoms with Gasteiger partial charge in [-0.25, -0.2) is 0 Å². The number of ether oxygens (including phenoxy) is 1. The van der Waals surface area contributed by atoms with Crippen molar-refractivity contribution in [1.29, 1.82) is 0 Å². The Morgan fingerprint density at radius 2 is 2.24 bits per heavy atom. The third kappa shape index (κ3) is 3.23. The van der Waals surface area contributed by atoms with Gasteiger partial charge in [-0.1, -0.05) is 24.3 Å². The molecule has 1 aromatic carbocycles. The van der Waals surface area contributed by atoms with E-state index in [2.05, 4.69) is 25.5 Å². The lowest BCUT2D eigenvalue weighted by molar-refractivity contribution is -0.135. The van der Waals surface area contributed by atoms with Gasteiger partial charge in [-0.3, -0.25) is 9.69 Å². The number of nitrogens with two attached hydrogens (primary N) is 1. The number of carbonyl (C=O) groups is 1. The minimum Gasteiger partial charge on any atom is -0.367 e. The molecule has 2 aromatic rings. The highest BCUT2D eigenvalue weighted by molar-refractivity contribution is 5.79. The fourth-order valence-electron chi connectivity index (χ4n) is 2.32. The van der Waals surface area contributed by atoms with Crippen LogP contribution in [0.5, 0.6) is 0 Å². The summed E-state index contributed by atoms with van der Waals surface area (Å²) in [5.74, 6) is 0.161. The number of nitrogens with zero attached hydrogens (tertiary/aromatic N) is 4. The number of aromatic amines is 1. The number of primary amides is 1. The molecule has 0 spiro atoms. The standard InChI is InChI=1S/C13H16N6O2/c14-12(20)11-8-19(5-6-21-11)7-9-1-3-10(4-2-9)13-15-17-18-16-13/h1-4,11H,5-8H2,(H2,14,20)(H,15,16,17,18). The molecule has 21 heavy (non-hydrogen) atoms. The largest absolute Gasteiger partial charge is 0.367 e. The SMILES string of the molecule is NC(=O)C1CN(Cc2ccc(-c3nn[nH]n3)cc2)CCO1. The monoisotopic (exact) mass is 288 g/mol. The zero-order valence-electron chi connectivity index (χ0n) is 11.4. The Morgan fingerprint density at radius 3 is 2.90 bits per heavy atom. The van der Waals surface area contributed by atoms with Gasteiger partial charge in [0.15, 0.2) is 0 Å². The fourth-order valence-corrected chi connectivity index (χ4v) is 2.32. The minimum atomic E-state index is -0.516. The molecular weight excluding hydrogens is 272 g/mol. The van der Waals surface area contributed by atoms with E-state index in [1.54, 1.807) is 0 Å². The number of tetrazole rings is 1. The van der Waals surface area contributed by atoms with Crippen molar-refractivity contribution < 1.29 is 9.53 Å². The molecule has 0 radical (unpaired) electrons. The Hall–Kier alpha value is -2.32. The molecule has 8 heteroatoms. The van der Waals surface area contributed by atoms with Crippen molar-refractivity contribution in [3.63, 3.8) is 0 Å². The Balaban J connectivity index is 1.64. The average Bonchev–Trinajstić information content (AvgIpc) is 3.02. The fraction of sp³-hybridized carbons (Fsp3) is 0.385. The van der Waals surface area contributed by atoms with Crippen molar-refractivity contribution in [3.05, 3.63) is 29.8 Å². The van der Waals surface area contributed by atoms with Crippen LogP contribution in [0.15, 0.2) is 24.3 Å². The van der Waals surface area contributed by atoms with Crippen LogP contribution in [0.25, 0.3) is 11.4 Å². The molecule has 1 unspecified atom stereocenters. The Morgan fingerprint density at radius 1 is 1.43 bits per heavy atom. The lowest BCUT2D eigenvalue weighted by Crippen LogP contribution is -2.47. The highest BCUT2D eigenvalue weighted by Crippen LogP contribution is 2.16. The van der Waals surface area contributed by atoms with E-state index in [9.17, 15) is 4.79 Å². The molecule has 1 saturated heterocycles. The molecule has 0 bridgehead atoms. The first-order valence-corrected chi connectivity index (χ1v) is 6.68. The first-order valence-electron chi connectivity index (χ1n) is 6.68. The second kappa shape index (κ2) is 5.98. The van der Waals surface area contributed by atoms with Crippen LogP contribution in [0.2, 0.25) is 0 Å². The number of hydrogen-bond acceptors (Lipinski definition) is 6. The van der Waals surface area contributed by atoms with Crippen LogP contribution in [0, 0.1) is 0 Å². The summed E-state index contributed by atoms with van der Waals surface area (Å²) in [6.45, 7) is 2.59. The summed E-state index contributed by atoms with van der Waals surface area (Å²) in [6, 6.07) is 7.93. The maximum absolute atomic E-state index is 11.2. The third-order valence-electron chi connectivity index (χ3n) is 3.43. The number of H-pyrrole nitrogens is 1. The molecule has 1 amide bonds. The molecule has 1 fully saturated rings. The van der Waals surface area contributed by atoms with Crippen LogP contribution in [0.1, 0.15) is 5.56 Å². The molecule has 1 aromatic heterocycles. The van der Waals surface area contributed by atoms with E-state index in [1.807, 2.05) is 24.3 Å². The van der Waals surface area contributed by atoms with Gasteiger partial charge >= 0.3 is 0 Å². The number of amides is 1. The Bertz CT molecular complexity index is 598. The lowest BCUT2D eigenvalue weighted by atomic mass is 10.1. The van der Waals surface area contributed by atoms with Crippen molar-refractivity contribution >= 4 is 5.91 Å². The average molecular weight is 288 g/mol. The van der Waals surface area contributed by atoms with Crippen molar-refractivity contribution in [2.45, 2.75) is 12.6 Å². The van der Waals surface area contributed by atoms with E-state index in [0.29, 0.717) is 19.0 Å². The zero-order chi connectivity index (χ0) is 14.7. The summed E-state index contributed by atoms with van der Waals surface area (Å²) in [5, 5.41) is 13.8. The highest BCUT2D eigenvalue weighted by Gasteiger charge is 2.24. The zero-order valence-corrected chi connectivity index (χ0v) is 11.4. The molecule has 1 atom stereocenters. The summed E-state index contributed by atoms with van der Waals surface area (Å²) in [4.78, 5) is 13.3. The minimum absolute atomic E-state index is 0.410. The number of aromatic nitrogens is 4. The van der Waals surface area contributed by atoms with Gasteiger partial charge in [-0.15, -0.1) is 10.2 Å². The molecule has 0 saturated carbocycles. The maximum Gasteiger partial charge on any atom is 0.247 e. The van der Waals surface area contributed by atoms with Gasteiger partial charge < -0.3 is 10.5 Å². The van der Waals surface area contributed by atoms with Gasteiger partial charge in [0.1, 0.15) is 6.10 Å². The van der Waals surface area contributed by atoms with Gasteiger partial charge in [0, 0.05) is 25.2 Å². The summed E-state index contributed by atoms with van der Waals surface area (Å²) < 4.78 is 5.33. The number of hydrogen-bond donors (Lipinski definition) is 2. The molecule has 8 nitrogen and oxygen atoms in total. The molecule has 110 valence electrons. The van der Waals surface area contributed by atoms with E-state index in [-0.39, 0.29) is 0 Å². The Labute approximate surface area is 121 Å². The predicted octanol–water partition coefficient (Wildman–Crippen LogP) is -0.447. The molecule has 2 heterocycles. The molecule has 0 aliphatic carbocycles. The number of morpholine rings is 1. The highest BCUT2D eigenvalue weighted by atomic mass is 16.5. The van der Waals surface area contributed by atoms with Crippen molar-refractivity contribution in [2.75, 3.05) is 19.7 Å². The summed E-state index contributed by atoms with van der Waals surface area (Å²) in [6.07, 6.45) is -0.516. The van der Waals surface area contributed by atoms with Crippen molar-refractivity contribution in [1.82, 2.24) is 25.5 Å². The van der Waals surface area contributed by atoms with Gasteiger partial charge in [-0.2, -0.15) is 5.21 Å². The quantitative estimate of drug-likeness (QED) is 0.788. The Kier molecular flexibility index (Phi) is 3.89. The topological polar surface area (TPSA) is 110 Å². The van der Waals surface area contributed by atoms with E-state index in [1.165, 1.54) is 0 Å². The third-order valence-corrected chi connectivity index (χ3v) is 3.43. The number of carbonyl (C=O) groups excluding carboxylic acids is 1. The number of benzene rings is 1. The molecule has 1 aliphatic heterocycles. The van der Waals surface area contributed by atoms with Gasteiger partial charge in [0.2, 0.25) is 11.7 Å². The number of rotatable bonds is 4. The lowest BCUT2D eigenvalue weighted by Gasteiger charge is -2.31. The van der Waals surface area contributed by atoms with Crippen molar-refractivity contribution in [2.24, 2.45) is 5.73 Å². The van der Waals surface area contributed by atoms with E-state index in [4.69, 9.17) is 10.5 Å². The van der Waals surface area contributed by atoms with E-state index in [0.717, 1.165) is 24.2 Å². The number of nitrogens with one attached hydrogen (secondary N) is 1. The van der Waals surface area contributed by atoms with E-state index < -0.39 is 12.0 Å². The van der Waals surface area contributed by atoms with Crippen LogP contribution < -0.4 is 5.73 Å². The van der Waals surface area contributed by atoms with Crippen LogP contribution in [-0.4, -0.2) is 57.2 Å². The van der Waals surface area contributed by atoms with Gasteiger partial charge in [-0.05, 0) is 10.8 Å². The smallest absolute Gasteiger partial charge is 0.247 e. The normalized spacial score (nSPS) is 19.5. The van der Waals surface area contributed by atoms with Gasteiger partial charge in [0.25, 0.3) is 0 Å². The predicted molar refractivity (Wildman–Crippen MR) is 73.8 cm³/mol. The molecular formula is C13H16N6O2.